The number of carbonyl (C=O) groups excluding carboxylic acids is 1. The van der Waals surface area contributed by atoms with Crippen molar-refractivity contribution >= 4 is 11.9 Å². The number of hydrogen-bond donors (Lipinski definition) is 2. The Balaban J connectivity index is 2.25. The van der Waals surface area contributed by atoms with E-state index in [-0.39, 0.29) is 18.6 Å². The minimum Gasteiger partial charge on any atom is -0.480 e. The molecule has 1 saturated carbocycles. The van der Waals surface area contributed by atoms with Crippen LogP contribution in [0.1, 0.15) is 39.5 Å². The Morgan fingerprint density at radius 3 is 2.65 bits per heavy atom. The first kappa shape index (κ1) is 14.0. The lowest BCUT2D eigenvalue weighted by Crippen LogP contribution is -2.41. The summed E-state index contributed by atoms with van der Waals surface area (Å²) in [5, 5.41) is 11.0. The Kier molecular flexibility index (Phi) is 5.41. The maximum atomic E-state index is 11.4. The number of nitrogens with one attached hydrogen (secondary N) is 1. The van der Waals surface area contributed by atoms with E-state index in [1.165, 1.54) is 13.3 Å². The Hall–Kier alpha value is -1.10. The lowest BCUT2D eigenvalue weighted by atomic mass is 9.88. The number of amides is 1. The van der Waals surface area contributed by atoms with Gasteiger partial charge in [0.2, 0.25) is 5.91 Å². The number of carbonyl (C=O) groups is 2. The largest absolute Gasteiger partial charge is 0.480 e. The van der Waals surface area contributed by atoms with Crippen LogP contribution in [0.5, 0.6) is 0 Å². The van der Waals surface area contributed by atoms with Crippen LogP contribution in [-0.4, -0.2) is 35.7 Å². The summed E-state index contributed by atoms with van der Waals surface area (Å²) in [6, 6.07) is -0.866. The molecule has 0 unspecified atom stereocenters. The second-order valence-electron chi connectivity index (χ2n) is 4.74. The molecule has 0 spiro atoms. The molecule has 0 aromatic rings. The third-order valence-corrected chi connectivity index (χ3v) is 3.21. The maximum absolute atomic E-state index is 11.4. The molecule has 0 bridgehead atoms. The van der Waals surface area contributed by atoms with Gasteiger partial charge in [0.25, 0.3) is 0 Å². The van der Waals surface area contributed by atoms with Crippen molar-refractivity contribution in [2.45, 2.75) is 51.7 Å². The summed E-state index contributed by atoms with van der Waals surface area (Å²) in [5.41, 5.74) is 0. The summed E-state index contributed by atoms with van der Waals surface area (Å²) in [6.45, 7) is 3.51. The predicted molar refractivity (Wildman–Crippen MR) is 62.6 cm³/mol. The fourth-order valence-corrected chi connectivity index (χ4v) is 2.06. The number of carboxylic acids is 1. The van der Waals surface area contributed by atoms with Crippen LogP contribution in [0.2, 0.25) is 0 Å². The lowest BCUT2D eigenvalue weighted by molar-refractivity contribution is -0.142. The number of aliphatic carboxylic acids is 1. The van der Waals surface area contributed by atoms with Gasteiger partial charge >= 0.3 is 5.97 Å². The SMILES string of the molecule is C[C@@H]1CCCC[C@@H]1OCC(=O)N[C@H](C)C(=O)O. The van der Waals surface area contributed by atoms with Crippen molar-refractivity contribution in [2.75, 3.05) is 6.61 Å². The van der Waals surface area contributed by atoms with Crippen molar-refractivity contribution in [3.05, 3.63) is 0 Å². The zero-order valence-corrected chi connectivity index (χ0v) is 10.4. The van der Waals surface area contributed by atoms with Crippen LogP contribution in [-0.2, 0) is 14.3 Å². The van der Waals surface area contributed by atoms with Crippen molar-refractivity contribution in [3.63, 3.8) is 0 Å². The first-order valence-corrected chi connectivity index (χ1v) is 6.14. The molecule has 0 aliphatic heterocycles. The summed E-state index contributed by atoms with van der Waals surface area (Å²) < 4.78 is 5.53. The van der Waals surface area contributed by atoms with Gasteiger partial charge in [-0.3, -0.25) is 9.59 Å². The average molecular weight is 243 g/mol. The number of carboxylic acid groups (broad SMARTS) is 1. The molecule has 0 radical (unpaired) electrons. The van der Waals surface area contributed by atoms with Crippen molar-refractivity contribution < 1.29 is 19.4 Å². The molecule has 0 aromatic heterocycles. The summed E-state index contributed by atoms with van der Waals surface area (Å²) in [4.78, 5) is 21.9. The highest BCUT2D eigenvalue weighted by molar-refractivity contribution is 5.83. The fourth-order valence-electron chi connectivity index (χ4n) is 2.06. The molecule has 3 atom stereocenters. The van der Waals surface area contributed by atoms with Gasteiger partial charge in [-0.15, -0.1) is 0 Å². The van der Waals surface area contributed by atoms with Crippen LogP contribution in [0.15, 0.2) is 0 Å². The molecular weight excluding hydrogens is 222 g/mol. The van der Waals surface area contributed by atoms with E-state index in [0.717, 1.165) is 19.3 Å². The highest BCUT2D eigenvalue weighted by Gasteiger charge is 2.23. The van der Waals surface area contributed by atoms with Gasteiger partial charge in [-0.25, -0.2) is 0 Å². The van der Waals surface area contributed by atoms with Crippen molar-refractivity contribution in [1.29, 1.82) is 0 Å². The molecule has 0 aromatic carbocycles. The smallest absolute Gasteiger partial charge is 0.325 e. The number of rotatable bonds is 5. The third-order valence-electron chi connectivity index (χ3n) is 3.21. The van der Waals surface area contributed by atoms with Gasteiger partial charge < -0.3 is 15.2 Å². The number of hydrogen-bond acceptors (Lipinski definition) is 3. The van der Waals surface area contributed by atoms with E-state index in [0.29, 0.717) is 5.92 Å². The van der Waals surface area contributed by atoms with Gasteiger partial charge in [-0.2, -0.15) is 0 Å². The van der Waals surface area contributed by atoms with Gasteiger partial charge in [0.05, 0.1) is 6.10 Å². The molecule has 17 heavy (non-hydrogen) atoms. The summed E-state index contributed by atoms with van der Waals surface area (Å²) in [7, 11) is 0. The van der Waals surface area contributed by atoms with E-state index < -0.39 is 12.0 Å². The summed E-state index contributed by atoms with van der Waals surface area (Å²) >= 11 is 0. The lowest BCUT2D eigenvalue weighted by Gasteiger charge is -2.28. The molecule has 1 aliphatic rings. The van der Waals surface area contributed by atoms with Crippen molar-refractivity contribution in [1.82, 2.24) is 5.32 Å². The van der Waals surface area contributed by atoms with Crippen LogP contribution in [0.3, 0.4) is 0 Å². The second kappa shape index (κ2) is 6.59. The molecule has 1 rings (SSSR count). The Morgan fingerprint density at radius 1 is 1.41 bits per heavy atom. The Morgan fingerprint density at radius 2 is 2.06 bits per heavy atom. The minimum atomic E-state index is -1.04. The Bertz CT molecular complexity index is 280. The van der Waals surface area contributed by atoms with Crippen LogP contribution in [0.25, 0.3) is 0 Å². The van der Waals surface area contributed by atoms with Gasteiger partial charge in [0.15, 0.2) is 0 Å². The molecule has 1 aliphatic carbocycles. The van der Waals surface area contributed by atoms with Crippen molar-refractivity contribution in [3.8, 4) is 0 Å². The topological polar surface area (TPSA) is 75.6 Å². The van der Waals surface area contributed by atoms with Gasteiger partial charge in [0.1, 0.15) is 12.6 Å². The first-order chi connectivity index (χ1) is 8.00. The molecule has 0 saturated heterocycles. The van der Waals surface area contributed by atoms with Gasteiger partial charge in [-0.05, 0) is 25.7 Å². The molecule has 1 amide bonds. The quantitative estimate of drug-likeness (QED) is 0.760. The number of ether oxygens (including phenoxy) is 1. The summed E-state index contributed by atoms with van der Waals surface area (Å²) in [5.74, 6) is -0.921. The third kappa shape index (κ3) is 4.73. The minimum absolute atomic E-state index is 0.0490. The van der Waals surface area contributed by atoms with E-state index in [4.69, 9.17) is 9.84 Å². The zero-order chi connectivity index (χ0) is 12.8. The van der Waals surface area contributed by atoms with Crippen LogP contribution < -0.4 is 5.32 Å². The van der Waals surface area contributed by atoms with Crippen LogP contribution >= 0.6 is 0 Å². The zero-order valence-electron chi connectivity index (χ0n) is 10.4. The first-order valence-electron chi connectivity index (χ1n) is 6.14. The molecule has 5 nitrogen and oxygen atoms in total. The van der Waals surface area contributed by atoms with Crippen LogP contribution in [0.4, 0.5) is 0 Å². The average Bonchev–Trinajstić information content (AvgIpc) is 2.27. The van der Waals surface area contributed by atoms with E-state index in [9.17, 15) is 9.59 Å². The second-order valence-corrected chi connectivity index (χ2v) is 4.74. The van der Waals surface area contributed by atoms with E-state index >= 15 is 0 Å². The Labute approximate surface area is 102 Å². The molecule has 1 fully saturated rings. The van der Waals surface area contributed by atoms with Crippen LogP contribution in [0, 0.1) is 5.92 Å². The van der Waals surface area contributed by atoms with Crippen molar-refractivity contribution in [2.24, 2.45) is 5.92 Å². The standard InChI is InChI=1S/C12H21NO4/c1-8-5-3-4-6-10(8)17-7-11(14)13-9(2)12(15)16/h8-10H,3-7H2,1-2H3,(H,13,14)(H,15,16)/t8-,9-,10+/m1/s1. The normalized spacial score (nSPS) is 26.2. The highest BCUT2D eigenvalue weighted by atomic mass is 16.5. The molecule has 5 heteroatoms. The maximum Gasteiger partial charge on any atom is 0.325 e. The summed E-state index contributed by atoms with van der Waals surface area (Å²) in [6.07, 6.45) is 4.63. The molecular formula is C12H21NO4. The highest BCUT2D eigenvalue weighted by Crippen LogP contribution is 2.25. The van der Waals surface area contributed by atoms with Gasteiger partial charge in [0, 0.05) is 0 Å². The van der Waals surface area contributed by atoms with Gasteiger partial charge in [-0.1, -0.05) is 19.8 Å². The van der Waals surface area contributed by atoms with E-state index in [1.807, 2.05) is 0 Å². The monoisotopic (exact) mass is 243 g/mol. The van der Waals surface area contributed by atoms with E-state index in [1.54, 1.807) is 0 Å². The van der Waals surface area contributed by atoms with E-state index in [2.05, 4.69) is 12.2 Å². The molecule has 2 N–H and O–H groups in total. The fraction of sp³-hybridized carbons (Fsp3) is 0.833. The molecule has 98 valence electrons. The molecule has 0 heterocycles. The predicted octanol–water partition coefficient (Wildman–Crippen LogP) is 1.17.